The molecule has 1 aliphatic rings. The summed E-state index contributed by atoms with van der Waals surface area (Å²) >= 11 is 0. The van der Waals surface area contributed by atoms with Crippen LogP contribution in [-0.4, -0.2) is 12.1 Å². The Morgan fingerprint density at radius 3 is 2.50 bits per heavy atom. The Hall–Kier alpha value is -1.02. The Kier molecular flexibility index (Phi) is 3.04. The van der Waals surface area contributed by atoms with E-state index in [9.17, 15) is 0 Å². The Morgan fingerprint density at radius 1 is 1.07 bits per heavy atom. The SMILES string of the molecule is NC1CCCC[C@@H]1Nc1ccccc1. The molecule has 1 saturated carbocycles. The van der Waals surface area contributed by atoms with Gasteiger partial charge >= 0.3 is 0 Å². The summed E-state index contributed by atoms with van der Waals surface area (Å²) < 4.78 is 0. The normalized spacial score (nSPS) is 27.2. The van der Waals surface area contributed by atoms with Crippen LogP contribution in [0, 0.1) is 0 Å². The predicted octanol–water partition coefficient (Wildman–Crippen LogP) is 2.37. The maximum absolute atomic E-state index is 6.06. The van der Waals surface area contributed by atoms with Gasteiger partial charge in [0.2, 0.25) is 0 Å². The Bertz CT molecular complexity index is 271. The van der Waals surface area contributed by atoms with Crippen LogP contribution >= 0.6 is 0 Å². The van der Waals surface area contributed by atoms with Crippen LogP contribution in [0.5, 0.6) is 0 Å². The molecule has 1 aliphatic carbocycles. The first kappa shape index (κ1) is 9.53. The van der Waals surface area contributed by atoms with Gasteiger partial charge in [0.05, 0.1) is 0 Å². The van der Waals surface area contributed by atoms with Crippen molar-refractivity contribution in [1.82, 2.24) is 0 Å². The fourth-order valence-electron chi connectivity index (χ4n) is 2.09. The van der Waals surface area contributed by atoms with Crippen molar-refractivity contribution in [1.29, 1.82) is 0 Å². The molecular formula is C12H18N2. The third kappa shape index (κ3) is 2.26. The van der Waals surface area contributed by atoms with Crippen LogP contribution in [0.1, 0.15) is 25.7 Å². The van der Waals surface area contributed by atoms with E-state index in [1.165, 1.54) is 24.9 Å². The smallest absolute Gasteiger partial charge is 0.0412 e. The lowest BCUT2D eigenvalue weighted by Crippen LogP contribution is -2.42. The second-order valence-corrected chi connectivity index (χ2v) is 4.07. The lowest BCUT2D eigenvalue weighted by Gasteiger charge is -2.30. The fourth-order valence-corrected chi connectivity index (χ4v) is 2.09. The summed E-state index contributed by atoms with van der Waals surface area (Å²) in [5.41, 5.74) is 7.25. The van der Waals surface area contributed by atoms with E-state index in [0.717, 1.165) is 6.42 Å². The van der Waals surface area contributed by atoms with E-state index in [4.69, 9.17) is 5.73 Å². The van der Waals surface area contributed by atoms with E-state index in [0.29, 0.717) is 12.1 Å². The zero-order valence-corrected chi connectivity index (χ0v) is 8.45. The average molecular weight is 190 g/mol. The van der Waals surface area contributed by atoms with Crippen molar-refractivity contribution < 1.29 is 0 Å². The first-order valence-electron chi connectivity index (χ1n) is 5.43. The fraction of sp³-hybridized carbons (Fsp3) is 0.500. The number of nitrogens with two attached hydrogens (primary N) is 1. The molecule has 0 bridgehead atoms. The molecule has 0 aliphatic heterocycles. The molecule has 1 fully saturated rings. The van der Waals surface area contributed by atoms with E-state index in [-0.39, 0.29) is 0 Å². The summed E-state index contributed by atoms with van der Waals surface area (Å²) in [5.74, 6) is 0. The third-order valence-corrected chi connectivity index (χ3v) is 2.95. The van der Waals surface area contributed by atoms with Crippen LogP contribution in [0.15, 0.2) is 30.3 Å². The van der Waals surface area contributed by atoms with Crippen LogP contribution in [0.4, 0.5) is 5.69 Å². The van der Waals surface area contributed by atoms with Gasteiger partial charge in [-0.2, -0.15) is 0 Å². The van der Waals surface area contributed by atoms with Gasteiger partial charge in [0, 0.05) is 17.8 Å². The van der Waals surface area contributed by atoms with Gasteiger partial charge in [-0.1, -0.05) is 31.0 Å². The number of anilines is 1. The molecule has 0 heterocycles. The van der Waals surface area contributed by atoms with Crippen LogP contribution in [0.25, 0.3) is 0 Å². The highest BCUT2D eigenvalue weighted by Gasteiger charge is 2.20. The van der Waals surface area contributed by atoms with Gasteiger partial charge in [0.1, 0.15) is 0 Å². The number of para-hydroxylation sites is 1. The van der Waals surface area contributed by atoms with E-state index in [1.54, 1.807) is 0 Å². The molecule has 2 atom stereocenters. The molecule has 0 spiro atoms. The molecule has 1 unspecified atom stereocenters. The van der Waals surface area contributed by atoms with Gasteiger partial charge < -0.3 is 11.1 Å². The van der Waals surface area contributed by atoms with Crippen molar-refractivity contribution in [2.24, 2.45) is 5.73 Å². The molecule has 0 aromatic heterocycles. The minimum Gasteiger partial charge on any atom is -0.381 e. The summed E-state index contributed by atoms with van der Waals surface area (Å²) in [4.78, 5) is 0. The highest BCUT2D eigenvalue weighted by Crippen LogP contribution is 2.20. The van der Waals surface area contributed by atoms with Gasteiger partial charge in [0.25, 0.3) is 0 Å². The molecule has 1 aromatic carbocycles. The van der Waals surface area contributed by atoms with E-state index in [1.807, 2.05) is 6.07 Å². The summed E-state index contributed by atoms with van der Waals surface area (Å²) in [6.07, 6.45) is 4.95. The van der Waals surface area contributed by atoms with Crippen LogP contribution in [0.3, 0.4) is 0 Å². The molecule has 2 nitrogen and oxygen atoms in total. The molecule has 0 saturated heterocycles. The van der Waals surface area contributed by atoms with Gasteiger partial charge in [-0.25, -0.2) is 0 Å². The van der Waals surface area contributed by atoms with Gasteiger partial charge in [-0.15, -0.1) is 0 Å². The molecule has 0 amide bonds. The van der Waals surface area contributed by atoms with E-state index >= 15 is 0 Å². The quantitative estimate of drug-likeness (QED) is 0.751. The maximum atomic E-state index is 6.06. The van der Waals surface area contributed by atoms with Crippen LogP contribution in [-0.2, 0) is 0 Å². The molecule has 0 radical (unpaired) electrons. The maximum Gasteiger partial charge on any atom is 0.0412 e. The molecular weight excluding hydrogens is 172 g/mol. The second kappa shape index (κ2) is 4.47. The highest BCUT2D eigenvalue weighted by molar-refractivity contribution is 5.43. The molecule has 14 heavy (non-hydrogen) atoms. The third-order valence-electron chi connectivity index (χ3n) is 2.95. The monoisotopic (exact) mass is 190 g/mol. The zero-order valence-electron chi connectivity index (χ0n) is 8.45. The number of rotatable bonds is 2. The average Bonchev–Trinajstić information content (AvgIpc) is 2.23. The lowest BCUT2D eigenvalue weighted by atomic mass is 9.91. The zero-order chi connectivity index (χ0) is 9.80. The molecule has 3 N–H and O–H groups in total. The Balaban J connectivity index is 1.96. The van der Waals surface area contributed by atoms with Gasteiger partial charge in [-0.05, 0) is 25.0 Å². The number of hydrogen-bond acceptors (Lipinski definition) is 2. The van der Waals surface area contributed by atoms with Crippen LogP contribution < -0.4 is 11.1 Å². The summed E-state index contributed by atoms with van der Waals surface area (Å²) in [6.45, 7) is 0. The first-order valence-corrected chi connectivity index (χ1v) is 5.43. The second-order valence-electron chi connectivity index (χ2n) is 4.07. The number of benzene rings is 1. The Morgan fingerprint density at radius 2 is 1.79 bits per heavy atom. The molecule has 76 valence electrons. The number of hydrogen-bond donors (Lipinski definition) is 2. The minimum atomic E-state index is 0.323. The van der Waals surface area contributed by atoms with Crippen molar-refractivity contribution in [3.63, 3.8) is 0 Å². The molecule has 2 heteroatoms. The highest BCUT2D eigenvalue weighted by atomic mass is 15.0. The van der Waals surface area contributed by atoms with Crippen molar-refractivity contribution >= 4 is 5.69 Å². The van der Waals surface area contributed by atoms with Crippen molar-refractivity contribution in [3.8, 4) is 0 Å². The van der Waals surface area contributed by atoms with Crippen molar-refractivity contribution in [3.05, 3.63) is 30.3 Å². The van der Waals surface area contributed by atoms with Gasteiger partial charge in [0.15, 0.2) is 0 Å². The van der Waals surface area contributed by atoms with Crippen LogP contribution in [0.2, 0.25) is 0 Å². The largest absolute Gasteiger partial charge is 0.381 e. The van der Waals surface area contributed by atoms with Gasteiger partial charge in [-0.3, -0.25) is 0 Å². The first-order chi connectivity index (χ1) is 6.86. The topological polar surface area (TPSA) is 38.0 Å². The molecule has 2 rings (SSSR count). The minimum absolute atomic E-state index is 0.323. The van der Waals surface area contributed by atoms with Crippen molar-refractivity contribution in [2.75, 3.05) is 5.32 Å². The number of nitrogens with one attached hydrogen (secondary N) is 1. The standard InChI is InChI=1S/C12H18N2/c13-11-8-4-5-9-12(11)14-10-6-2-1-3-7-10/h1-3,6-7,11-12,14H,4-5,8-9,13H2/t11?,12-/m0/s1. The summed E-state index contributed by atoms with van der Waals surface area (Å²) in [5, 5.41) is 3.51. The van der Waals surface area contributed by atoms with E-state index in [2.05, 4.69) is 29.6 Å². The van der Waals surface area contributed by atoms with Crippen molar-refractivity contribution in [2.45, 2.75) is 37.8 Å². The Labute approximate surface area is 85.5 Å². The summed E-state index contributed by atoms with van der Waals surface area (Å²) in [7, 11) is 0. The lowest BCUT2D eigenvalue weighted by molar-refractivity contribution is 0.404. The summed E-state index contributed by atoms with van der Waals surface area (Å²) in [6, 6.07) is 11.1. The van der Waals surface area contributed by atoms with E-state index < -0.39 is 0 Å². The molecule has 1 aromatic rings. The predicted molar refractivity (Wildman–Crippen MR) is 60.3 cm³/mol.